The first kappa shape index (κ1) is 22.2. The second-order valence-corrected chi connectivity index (χ2v) is 7.24. The number of hydrogen-bond acceptors (Lipinski definition) is 4. The van der Waals surface area contributed by atoms with Gasteiger partial charge >= 0.3 is 0 Å². The third-order valence-electron chi connectivity index (χ3n) is 4.31. The molecule has 3 aromatic rings. The van der Waals surface area contributed by atoms with Crippen LogP contribution in [0.4, 0.5) is 5.69 Å². The summed E-state index contributed by atoms with van der Waals surface area (Å²) >= 11 is 12.2. The summed E-state index contributed by atoms with van der Waals surface area (Å²) in [5.41, 5.74) is 1.70. The van der Waals surface area contributed by atoms with E-state index in [-0.39, 0.29) is 12.2 Å². The molecule has 0 atom stereocenters. The van der Waals surface area contributed by atoms with Gasteiger partial charge in [-0.1, -0.05) is 59.6 Å². The van der Waals surface area contributed by atoms with Gasteiger partial charge in [0, 0.05) is 26.9 Å². The lowest BCUT2D eigenvalue weighted by Crippen LogP contribution is -2.13. The van der Waals surface area contributed by atoms with Crippen molar-refractivity contribution in [2.75, 3.05) is 12.4 Å². The number of carbonyl (C=O) groups excluding carboxylic acids is 1. The van der Waals surface area contributed by atoms with Gasteiger partial charge in [-0.25, -0.2) is 0 Å². The molecule has 0 heterocycles. The molecule has 0 aliphatic rings. The Morgan fingerprint density at radius 3 is 2.58 bits per heavy atom. The minimum Gasteiger partial charge on any atom is -0.493 e. The molecule has 0 unspecified atom stereocenters. The monoisotopic (exact) mass is 452 g/mol. The Morgan fingerprint density at radius 1 is 1.10 bits per heavy atom. The molecule has 0 aromatic heterocycles. The topological polar surface area (TPSA) is 71.3 Å². The zero-order valence-corrected chi connectivity index (χ0v) is 18.1. The van der Waals surface area contributed by atoms with Crippen molar-refractivity contribution in [2.45, 2.75) is 6.61 Å². The second kappa shape index (κ2) is 10.5. The van der Waals surface area contributed by atoms with Crippen molar-refractivity contribution in [3.63, 3.8) is 0 Å². The van der Waals surface area contributed by atoms with E-state index in [2.05, 4.69) is 5.32 Å². The number of hydrogen-bond donors (Lipinski definition) is 1. The summed E-state index contributed by atoms with van der Waals surface area (Å²) in [5.74, 6) is 0.297. The summed E-state index contributed by atoms with van der Waals surface area (Å²) in [6.07, 6.45) is 1.45. The first-order valence-electron chi connectivity index (χ1n) is 9.23. The fraction of sp³-hybridized carbons (Fsp3) is 0.0833. The molecule has 0 saturated heterocycles. The molecule has 3 rings (SSSR count). The van der Waals surface area contributed by atoms with Crippen molar-refractivity contribution in [1.82, 2.24) is 0 Å². The van der Waals surface area contributed by atoms with Gasteiger partial charge in [0.2, 0.25) is 0 Å². The van der Waals surface area contributed by atoms with Crippen LogP contribution in [0.5, 0.6) is 11.5 Å². The molecule has 156 valence electrons. The van der Waals surface area contributed by atoms with Crippen LogP contribution in [0.1, 0.15) is 11.1 Å². The van der Waals surface area contributed by atoms with Crippen LogP contribution in [0.3, 0.4) is 0 Å². The molecule has 0 radical (unpaired) electrons. The van der Waals surface area contributed by atoms with E-state index in [1.165, 1.54) is 13.2 Å². The molecule has 3 aromatic carbocycles. The van der Waals surface area contributed by atoms with E-state index < -0.39 is 5.91 Å². The van der Waals surface area contributed by atoms with Crippen LogP contribution < -0.4 is 14.8 Å². The van der Waals surface area contributed by atoms with Crippen molar-refractivity contribution in [3.05, 3.63) is 93.5 Å². The maximum Gasteiger partial charge on any atom is 0.266 e. The number of carbonyl (C=O) groups is 1. The minimum absolute atomic E-state index is 0.101. The van der Waals surface area contributed by atoms with Gasteiger partial charge in [0.1, 0.15) is 18.2 Å². The van der Waals surface area contributed by atoms with Gasteiger partial charge in [-0.15, -0.1) is 0 Å². The van der Waals surface area contributed by atoms with Gasteiger partial charge in [-0.2, -0.15) is 5.26 Å². The number of methoxy groups -OCH3 is 1. The SMILES string of the molecule is COc1cccc(/C=C(\C#N)C(=O)Nc2cccc(Cl)c2)c1OCc1ccccc1Cl. The van der Waals surface area contributed by atoms with E-state index in [4.69, 9.17) is 32.7 Å². The van der Waals surface area contributed by atoms with Crippen LogP contribution >= 0.6 is 23.2 Å². The molecule has 0 aliphatic carbocycles. The number of benzene rings is 3. The molecule has 0 saturated carbocycles. The quantitative estimate of drug-likeness (QED) is 0.345. The van der Waals surface area contributed by atoms with Crippen molar-refractivity contribution < 1.29 is 14.3 Å². The summed E-state index contributed by atoms with van der Waals surface area (Å²) < 4.78 is 11.4. The van der Waals surface area contributed by atoms with Gasteiger partial charge in [-0.3, -0.25) is 4.79 Å². The minimum atomic E-state index is -0.565. The molecule has 31 heavy (non-hydrogen) atoms. The average Bonchev–Trinajstić information content (AvgIpc) is 2.77. The number of halogens is 2. The Balaban J connectivity index is 1.89. The summed E-state index contributed by atoms with van der Waals surface area (Å²) in [5, 5.41) is 13.3. The second-order valence-electron chi connectivity index (χ2n) is 6.39. The zero-order valence-electron chi connectivity index (χ0n) is 16.6. The molecule has 0 fully saturated rings. The van der Waals surface area contributed by atoms with E-state index >= 15 is 0 Å². The Bertz CT molecular complexity index is 1170. The Morgan fingerprint density at radius 2 is 1.87 bits per heavy atom. The highest BCUT2D eigenvalue weighted by atomic mass is 35.5. The standard InChI is InChI=1S/C24H18Cl2N2O3/c1-30-22-11-4-7-16(23(22)31-15-17-6-2-3-10-21(17)26)12-18(14-27)24(29)28-20-9-5-8-19(25)13-20/h2-13H,15H2,1H3,(H,28,29)/b18-12+. The summed E-state index contributed by atoms with van der Waals surface area (Å²) in [6, 6.07) is 21.1. The van der Waals surface area contributed by atoms with Crippen LogP contribution in [-0.2, 0) is 11.4 Å². The number of ether oxygens (including phenoxy) is 2. The van der Waals surface area contributed by atoms with E-state index in [0.717, 1.165) is 5.56 Å². The van der Waals surface area contributed by atoms with Crippen LogP contribution in [0.25, 0.3) is 6.08 Å². The fourth-order valence-electron chi connectivity index (χ4n) is 2.80. The molecule has 1 amide bonds. The number of para-hydroxylation sites is 1. The highest BCUT2D eigenvalue weighted by molar-refractivity contribution is 6.31. The molecule has 0 bridgehead atoms. The molecule has 7 heteroatoms. The molecule has 1 N–H and O–H groups in total. The van der Waals surface area contributed by atoms with Crippen molar-refractivity contribution in [2.24, 2.45) is 0 Å². The van der Waals surface area contributed by atoms with E-state index in [1.807, 2.05) is 24.3 Å². The maximum absolute atomic E-state index is 12.6. The smallest absolute Gasteiger partial charge is 0.266 e. The van der Waals surface area contributed by atoms with Crippen LogP contribution in [0, 0.1) is 11.3 Å². The number of amides is 1. The fourth-order valence-corrected chi connectivity index (χ4v) is 3.18. The first-order chi connectivity index (χ1) is 15.0. The van der Waals surface area contributed by atoms with Gasteiger partial charge < -0.3 is 14.8 Å². The van der Waals surface area contributed by atoms with Crippen molar-refractivity contribution >= 4 is 40.9 Å². The number of nitrogens with zero attached hydrogens (tertiary/aromatic N) is 1. The summed E-state index contributed by atoms with van der Waals surface area (Å²) in [7, 11) is 1.52. The number of nitrogens with one attached hydrogen (secondary N) is 1. The van der Waals surface area contributed by atoms with E-state index in [0.29, 0.717) is 32.8 Å². The summed E-state index contributed by atoms with van der Waals surface area (Å²) in [6.45, 7) is 0.192. The zero-order chi connectivity index (χ0) is 22.2. The van der Waals surface area contributed by atoms with Gasteiger partial charge in [-0.05, 0) is 36.4 Å². The molecule has 0 aliphatic heterocycles. The lowest BCUT2D eigenvalue weighted by Gasteiger charge is -2.14. The Hall–Kier alpha value is -3.46. The normalized spacial score (nSPS) is 10.8. The van der Waals surface area contributed by atoms with Gasteiger partial charge in [0.05, 0.1) is 7.11 Å². The molecular weight excluding hydrogens is 435 g/mol. The lowest BCUT2D eigenvalue weighted by molar-refractivity contribution is -0.112. The third-order valence-corrected chi connectivity index (χ3v) is 4.91. The van der Waals surface area contributed by atoms with E-state index in [9.17, 15) is 10.1 Å². The first-order valence-corrected chi connectivity index (χ1v) is 9.99. The van der Waals surface area contributed by atoms with Crippen LogP contribution in [0.15, 0.2) is 72.3 Å². The summed E-state index contributed by atoms with van der Waals surface area (Å²) in [4.78, 5) is 12.6. The highest BCUT2D eigenvalue weighted by Gasteiger charge is 2.15. The Labute approximate surface area is 190 Å². The van der Waals surface area contributed by atoms with Gasteiger partial charge in [0.25, 0.3) is 5.91 Å². The van der Waals surface area contributed by atoms with Crippen LogP contribution in [-0.4, -0.2) is 13.0 Å². The molecule has 0 spiro atoms. The van der Waals surface area contributed by atoms with Crippen molar-refractivity contribution in [3.8, 4) is 17.6 Å². The van der Waals surface area contributed by atoms with Crippen molar-refractivity contribution in [1.29, 1.82) is 5.26 Å². The lowest BCUT2D eigenvalue weighted by atomic mass is 10.1. The maximum atomic E-state index is 12.6. The Kier molecular flexibility index (Phi) is 7.55. The van der Waals surface area contributed by atoms with Gasteiger partial charge in [0.15, 0.2) is 11.5 Å². The largest absolute Gasteiger partial charge is 0.493 e. The average molecular weight is 453 g/mol. The number of anilines is 1. The van der Waals surface area contributed by atoms with Crippen LogP contribution in [0.2, 0.25) is 10.0 Å². The predicted octanol–water partition coefficient (Wildman–Crippen LogP) is 6.13. The number of rotatable bonds is 7. The molecule has 5 nitrogen and oxygen atoms in total. The van der Waals surface area contributed by atoms with E-state index in [1.54, 1.807) is 48.5 Å². The predicted molar refractivity (Wildman–Crippen MR) is 122 cm³/mol. The highest BCUT2D eigenvalue weighted by Crippen LogP contribution is 2.34. The third kappa shape index (κ3) is 5.79. The molecular formula is C24H18Cl2N2O3. The number of nitriles is 1.